The van der Waals surface area contributed by atoms with Crippen LogP contribution in [0.1, 0.15) is 61.8 Å². The van der Waals surface area contributed by atoms with E-state index in [2.05, 4.69) is 15.2 Å². The highest BCUT2D eigenvalue weighted by Gasteiger charge is 2.59. The number of hydrogen-bond donors (Lipinski definition) is 1. The first kappa shape index (κ1) is 30.7. The Hall–Kier alpha value is -2.28. The fourth-order valence-electron chi connectivity index (χ4n) is 8.12. The number of methoxy groups -OCH3 is 1. The van der Waals surface area contributed by atoms with Crippen LogP contribution in [0.25, 0.3) is 0 Å². The first-order chi connectivity index (χ1) is 20.7. The van der Waals surface area contributed by atoms with Crippen molar-refractivity contribution in [3.05, 3.63) is 29.1 Å². The van der Waals surface area contributed by atoms with Gasteiger partial charge in [-0.15, -0.1) is 0 Å². The molecule has 5 aliphatic rings. The molecule has 1 aromatic heterocycles. The van der Waals surface area contributed by atoms with Crippen LogP contribution in [-0.4, -0.2) is 109 Å². The van der Waals surface area contributed by atoms with Gasteiger partial charge in [-0.25, -0.2) is 0 Å². The number of aromatic nitrogens is 1. The molecule has 6 rings (SSSR count). The molecule has 0 aromatic carbocycles. The van der Waals surface area contributed by atoms with Crippen LogP contribution in [0.5, 0.6) is 0 Å². The first-order valence-corrected chi connectivity index (χ1v) is 15.9. The molecule has 0 bridgehead atoms. The number of nitrogens with zero attached hydrogens (tertiary/aromatic N) is 4. The van der Waals surface area contributed by atoms with Gasteiger partial charge in [0.2, 0.25) is 11.8 Å². The van der Waals surface area contributed by atoms with Crippen molar-refractivity contribution in [1.82, 2.24) is 25.0 Å². The maximum Gasteiger partial charge on any atom is 0.417 e. The molecule has 2 amide bonds. The van der Waals surface area contributed by atoms with E-state index in [1.165, 1.54) is 19.3 Å². The number of alkyl halides is 3. The van der Waals surface area contributed by atoms with Crippen LogP contribution in [0.2, 0.25) is 0 Å². The minimum atomic E-state index is -4.49. The van der Waals surface area contributed by atoms with Crippen LogP contribution in [0, 0.1) is 11.3 Å². The van der Waals surface area contributed by atoms with Gasteiger partial charge >= 0.3 is 6.18 Å². The van der Waals surface area contributed by atoms with Crippen LogP contribution in [-0.2, 0) is 38.2 Å². The topological polar surface area (TPSA) is 87.2 Å². The summed E-state index contributed by atoms with van der Waals surface area (Å²) in [6, 6.07) is 1.33. The van der Waals surface area contributed by atoms with E-state index < -0.39 is 17.2 Å². The van der Waals surface area contributed by atoms with Crippen LogP contribution in [0.15, 0.2) is 12.3 Å². The molecule has 1 saturated carbocycles. The Bertz CT molecular complexity index is 1180. The van der Waals surface area contributed by atoms with Gasteiger partial charge in [0, 0.05) is 83.3 Å². The summed E-state index contributed by atoms with van der Waals surface area (Å²) in [6.45, 7) is 5.38. The van der Waals surface area contributed by atoms with Gasteiger partial charge < -0.3 is 29.5 Å². The van der Waals surface area contributed by atoms with Crippen LogP contribution < -0.4 is 5.32 Å². The molecule has 12 heteroatoms. The van der Waals surface area contributed by atoms with Crippen molar-refractivity contribution in [2.45, 2.75) is 82.3 Å². The highest BCUT2D eigenvalue weighted by Crippen LogP contribution is 2.51. The summed E-state index contributed by atoms with van der Waals surface area (Å²) in [4.78, 5) is 38.0. The lowest BCUT2D eigenvalue weighted by molar-refractivity contribution is -0.144. The Morgan fingerprint density at radius 1 is 1.19 bits per heavy atom. The van der Waals surface area contributed by atoms with Crippen LogP contribution in [0.3, 0.4) is 0 Å². The van der Waals surface area contributed by atoms with Gasteiger partial charge in [0.15, 0.2) is 0 Å². The SMILES string of the molecule is COC1COCCC1N[C@@H]1C[C@H]2CN(C(=O)CCN3CCCCC3)C[C@@]2(C(=O)N2CCc3ncc(C(F)(F)F)cc3C2)C1. The molecule has 0 radical (unpaired) electrons. The molecular weight excluding hydrogens is 563 g/mol. The number of rotatable bonds is 7. The van der Waals surface area contributed by atoms with Crippen molar-refractivity contribution in [3.63, 3.8) is 0 Å². The van der Waals surface area contributed by atoms with Gasteiger partial charge in [-0.2, -0.15) is 13.2 Å². The highest BCUT2D eigenvalue weighted by atomic mass is 19.4. The third kappa shape index (κ3) is 6.43. The molecule has 2 unspecified atom stereocenters. The Kier molecular flexibility index (Phi) is 9.01. The predicted octanol–water partition coefficient (Wildman–Crippen LogP) is 2.86. The van der Waals surface area contributed by atoms with Crippen LogP contribution >= 0.6 is 0 Å². The lowest BCUT2D eigenvalue weighted by Gasteiger charge is -2.38. The smallest absolute Gasteiger partial charge is 0.379 e. The molecule has 5 heterocycles. The Morgan fingerprint density at radius 3 is 2.77 bits per heavy atom. The standard InChI is InChI=1S/C31H44F3N5O4/c1-42-27-19-43-12-7-26(27)36-24-14-23-18-39(28(40)6-10-37-8-3-2-4-9-37)20-30(23,15-24)29(41)38-11-5-25-21(17-38)13-22(16-35-25)31(32,33)34/h13,16,23-24,26-27,36H,2-12,14-15,17-20H2,1H3/t23-,24+,26?,27?,30-/m0/s1. The summed E-state index contributed by atoms with van der Waals surface area (Å²) in [6.07, 6.45) is 2.93. The number of amides is 2. The molecule has 1 aromatic rings. The molecule has 4 aliphatic heterocycles. The van der Waals surface area contributed by atoms with E-state index in [1.54, 1.807) is 12.0 Å². The maximum absolute atomic E-state index is 14.5. The molecule has 238 valence electrons. The number of piperidine rings is 1. The second kappa shape index (κ2) is 12.6. The number of pyridine rings is 1. The summed E-state index contributed by atoms with van der Waals surface area (Å²) in [7, 11) is 1.68. The van der Waals surface area contributed by atoms with E-state index in [-0.39, 0.29) is 42.5 Å². The zero-order chi connectivity index (χ0) is 30.2. The molecular formula is C31H44F3N5O4. The van der Waals surface area contributed by atoms with Gasteiger partial charge in [-0.1, -0.05) is 6.42 Å². The van der Waals surface area contributed by atoms with Gasteiger partial charge in [-0.05, 0) is 62.7 Å². The predicted molar refractivity (Wildman–Crippen MR) is 152 cm³/mol. The van der Waals surface area contributed by atoms with Crippen molar-refractivity contribution in [2.24, 2.45) is 11.3 Å². The number of ether oxygens (including phenoxy) is 2. The van der Waals surface area contributed by atoms with Gasteiger partial charge in [0.05, 0.1) is 23.7 Å². The van der Waals surface area contributed by atoms with E-state index in [1.807, 2.05) is 4.90 Å². The van der Waals surface area contributed by atoms with Crippen molar-refractivity contribution >= 4 is 11.8 Å². The largest absolute Gasteiger partial charge is 0.417 e. The number of halogens is 3. The second-order valence-corrected chi connectivity index (χ2v) is 13.1. The summed E-state index contributed by atoms with van der Waals surface area (Å²) >= 11 is 0. The highest BCUT2D eigenvalue weighted by molar-refractivity contribution is 5.86. The number of fused-ring (bicyclic) bond motifs is 2. The van der Waals surface area contributed by atoms with E-state index in [9.17, 15) is 22.8 Å². The third-order valence-corrected chi connectivity index (χ3v) is 10.5. The molecule has 4 fully saturated rings. The molecule has 1 N–H and O–H groups in total. The fraction of sp³-hybridized carbons (Fsp3) is 0.774. The average Bonchev–Trinajstić information content (AvgIpc) is 3.54. The van der Waals surface area contributed by atoms with Crippen molar-refractivity contribution < 1.29 is 32.2 Å². The van der Waals surface area contributed by atoms with E-state index in [0.29, 0.717) is 63.4 Å². The summed E-state index contributed by atoms with van der Waals surface area (Å²) in [5, 5.41) is 3.76. The average molecular weight is 608 g/mol. The molecule has 3 saturated heterocycles. The second-order valence-electron chi connectivity index (χ2n) is 13.1. The molecule has 43 heavy (non-hydrogen) atoms. The quantitative estimate of drug-likeness (QED) is 0.510. The number of nitrogens with one attached hydrogen (secondary N) is 1. The number of hydrogen-bond acceptors (Lipinski definition) is 7. The van der Waals surface area contributed by atoms with E-state index in [4.69, 9.17) is 9.47 Å². The molecule has 1 aliphatic carbocycles. The number of carbonyl (C=O) groups excluding carboxylic acids is 2. The molecule has 0 spiro atoms. The lowest BCUT2D eigenvalue weighted by atomic mass is 9.78. The summed E-state index contributed by atoms with van der Waals surface area (Å²) < 4.78 is 51.6. The fourth-order valence-corrected chi connectivity index (χ4v) is 8.12. The Morgan fingerprint density at radius 2 is 2.00 bits per heavy atom. The normalized spacial score (nSPS) is 31.6. The maximum atomic E-state index is 14.5. The zero-order valence-corrected chi connectivity index (χ0v) is 25.0. The number of likely N-dealkylation sites (tertiary alicyclic amines) is 2. The lowest BCUT2D eigenvalue weighted by Crippen LogP contribution is -2.52. The first-order valence-electron chi connectivity index (χ1n) is 15.9. The minimum Gasteiger partial charge on any atom is -0.379 e. The monoisotopic (exact) mass is 607 g/mol. The number of carbonyl (C=O) groups is 2. The van der Waals surface area contributed by atoms with Gasteiger partial charge in [0.1, 0.15) is 0 Å². The summed E-state index contributed by atoms with van der Waals surface area (Å²) in [5.41, 5.74) is -0.494. The van der Waals surface area contributed by atoms with Crippen molar-refractivity contribution in [2.75, 3.05) is 59.6 Å². The molecule has 9 nitrogen and oxygen atoms in total. The van der Waals surface area contributed by atoms with Gasteiger partial charge in [0.25, 0.3) is 0 Å². The zero-order valence-electron chi connectivity index (χ0n) is 25.0. The van der Waals surface area contributed by atoms with E-state index in [0.717, 1.165) is 44.7 Å². The van der Waals surface area contributed by atoms with Crippen molar-refractivity contribution in [3.8, 4) is 0 Å². The summed E-state index contributed by atoms with van der Waals surface area (Å²) in [5.74, 6) is 0.0216. The third-order valence-electron chi connectivity index (χ3n) is 10.5. The minimum absolute atomic E-state index is 0.0155. The van der Waals surface area contributed by atoms with Crippen LogP contribution in [0.4, 0.5) is 13.2 Å². The molecule has 5 atom stereocenters. The van der Waals surface area contributed by atoms with E-state index >= 15 is 0 Å². The van der Waals surface area contributed by atoms with Gasteiger partial charge in [-0.3, -0.25) is 14.6 Å². The van der Waals surface area contributed by atoms with Crippen molar-refractivity contribution in [1.29, 1.82) is 0 Å². The Labute approximate surface area is 251 Å². The Balaban J connectivity index is 1.19.